The van der Waals surface area contributed by atoms with Crippen molar-refractivity contribution in [2.75, 3.05) is 5.32 Å². The number of nitrogens with zero attached hydrogens (tertiary/aromatic N) is 4. The van der Waals surface area contributed by atoms with E-state index in [9.17, 15) is 14.3 Å². The maximum absolute atomic E-state index is 14.2. The van der Waals surface area contributed by atoms with Gasteiger partial charge in [-0.2, -0.15) is 9.61 Å². The highest BCUT2D eigenvalue weighted by molar-refractivity contribution is 5.62. The van der Waals surface area contributed by atoms with Crippen LogP contribution in [-0.4, -0.2) is 35.7 Å². The van der Waals surface area contributed by atoms with E-state index in [0.717, 1.165) is 18.4 Å². The van der Waals surface area contributed by atoms with E-state index in [1.807, 2.05) is 6.92 Å². The highest BCUT2D eigenvalue weighted by atomic mass is 19.1. The molecule has 0 atom stereocenters. The van der Waals surface area contributed by atoms with Gasteiger partial charge in [0.05, 0.1) is 17.9 Å². The zero-order valence-electron chi connectivity index (χ0n) is 16.0. The van der Waals surface area contributed by atoms with Gasteiger partial charge in [-0.05, 0) is 43.5 Å². The first-order valence-corrected chi connectivity index (χ1v) is 9.45. The molecule has 1 fully saturated rings. The molecule has 9 nitrogen and oxygen atoms in total. The van der Waals surface area contributed by atoms with Crippen LogP contribution in [0.15, 0.2) is 40.2 Å². The first-order chi connectivity index (χ1) is 14.5. The maximum atomic E-state index is 14.2. The summed E-state index contributed by atoms with van der Waals surface area (Å²) in [4.78, 5) is 25.4. The van der Waals surface area contributed by atoms with Gasteiger partial charge in [-0.15, -0.1) is 0 Å². The molecule has 0 bridgehead atoms. The fraction of sp³-hybridized carbons (Fsp3) is 0.200. The van der Waals surface area contributed by atoms with Gasteiger partial charge >= 0.3 is 5.69 Å². The second kappa shape index (κ2) is 6.83. The summed E-state index contributed by atoms with van der Waals surface area (Å²) in [6.45, 7) is 1.88. The molecule has 1 saturated carbocycles. The number of hydrogen-bond donors (Lipinski definition) is 4. The lowest BCUT2D eigenvalue weighted by Gasteiger charge is -2.08. The summed E-state index contributed by atoms with van der Waals surface area (Å²) in [6, 6.07) is 6.75. The Hall–Kier alpha value is -3.95. The van der Waals surface area contributed by atoms with Crippen molar-refractivity contribution < 1.29 is 9.50 Å². The predicted octanol–water partition coefficient (Wildman–Crippen LogP) is 1.25. The van der Waals surface area contributed by atoms with Gasteiger partial charge in [0.15, 0.2) is 11.1 Å². The van der Waals surface area contributed by atoms with Crippen molar-refractivity contribution in [3.8, 4) is 5.88 Å². The van der Waals surface area contributed by atoms with Crippen LogP contribution >= 0.6 is 0 Å². The van der Waals surface area contributed by atoms with Crippen molar-refractivity contribution >= 4 is 23.2 Å². The summed E-state index contributed by atoms with van der Waals surface area (Å²) in [5.41, 5.74) is 1.94. The molecule has 1 aliphatic carbocycles. The molecule has 4 N–H and O–H groups in total. The SMILES string of the molecule is Cc1ccc(F)c(Nc2cc(=NC3CC3)n3ncc(=Cc4[nH]c(=O)[nH]c4O)c3n2)c1. The number of halogens is 1. The van der Waals surface area contributed by atoms with Crippen molar-refractivity contribution in [3.63, 3.8) is 0 Å². The number of hydrogen-bond acceptors (Lipinski definition) is 6. The Morgan fingerprint density at radius 1 is 1.33 bits per heavy atom. The number of aromatic amines is 2. The molecule has 30 heavy (non-hydrogen) atoms. The van der Waals surface area contributed by atoms with Gasteiger partial charge in [-0.25, -0.2) is 14.2 Å². The Kier molecular flexibility index (Phi) is 4.12. The summed E-state index contributed by atoms with van der Waals surface area (Å²) < 4.78 is 15.8. The van der Waals surface area contributed by atoms with Gasteiger partial charge in [-0.1, -0.05) is 6.07 Å². The number of aryl methyl sites for hydroxylation is 1. The molecule has 1 aliphatic rings. The van der Waals surface area contributed by atoms with Gasteiger partial charge in [-0.3, -0.25) is 9.98 Å². The van der Waals surface area contributed by atoms with Crippen LogP contribution in [0, 0.1) is 12.7 Å². The van der Waals surface area contributed by atoms with Gasteiger partial charge in [0.25, 0.3) is 0 Å². The van der Waals surface area contributed by atoms with Crippen molar-refractivity contribution in [2.45, 2.75) is 25.8 Å². The minimum absolute atomic E-state index is 0.209. The Morgan fingerprint density at radius 3 is 2.90 bits per heavy atom. The van der Waals surface area contributed by atoms with E-state index in [1.54, 1.807) is 35.0 Å². The number of imidazole rings is 1. The van der Waals surface area contributed by atoms with E-state index in [0.29, 0.717) is 27.9 Å². The molecule has 0 radical (unpaired) electrons. The normalized spacial score (nSPS) is 15.3. The van der Waals surface area contributed by atoms with Crippen LogP contribution in [0.2, 0.25) is 0 Å². The van der Waals surface area contributed by atoms with Crippen LogP contribution < -0.4 is 21.7 Å². The first-order valence-electron chi connectivity index (χ1n) is 9.45. The number of aromatic nitrogens is 5. The van der Waals surface area contributed by atoms with Crippen LogP contribution in [0.5, 0.6) is 5.88 Å². The summed E-state index contributed by atoms with van der Waals surface area (Å²) in [6.07, 6.45) is 5.14. The van der Waals surface area contributed by atoms with E-state index < -0.39 is 11.5 Å². The zero-order valence-corrected chi connectivity index (χ0v) is 16.0. The summed E-state index contributed by atoms with van der Waals surface area (Å²) in [7, 11) is 0. The Bertz CT molecular complexity index is 1450. The molecule has 152 valence electrons. The lowest BCUT2D eigenvalue weighted by molar-refractivity contribution is 0.454. The maximum Gasteiger partial charge on any atom is 0.326 e. The molecule has 5 rings (SSSR count). The lowest BCUT2D eigenvalue weighted by Crippen LogP contribution is -2.20. The Labute approximate surface area is 168 Å². The largest absolute Gasteiger partial charge is 0.493 e. The molecular formula is C20H18FN7O2. The zero-order chi connectivity index (χ0) is 20.8. The molecule has 1 aromatic carbocycles. The minimum Gasteiger partial charge on any atom is -0.493 e. The van der Waals surface area contributed by atoms with E-state index >= 15 is 0 Å². The number of fused-ring (bicyclic) bond motifs is 1. The number of benzene rings is 1. The molecule has 4 aromatic rings. The molecule has 3 heterocycles. The first kappa shape index (κ1) is 18.1. The predicted molar refractivity (Wildman–Crippen MR) is 108 cm³/mol. The summed E-state index contributed by atoms with van der Waals surface area (Å²) >= 11 is 0. The smallest absolute Gasteiger partial charge is 0.326 e. The molecular weight excluding hydrogens is 389 g/mol. The van der Waals surface area contributed by atoms with E-state index in [-0.39, 0.29) is 17.6 Å². The number of rotatable bonds is 4. The quantitative estimate of drug-likeness (QED) is 0.405. The van der Waals surface area contributed by atoms with Crippen molar-refractivity contribution in [3.05, 3.63) is 68.7 Å². The monoisotopic (exact) mass is 407 g/mol. The van der Waals surface area contributed by atoms with Crippen LogP contribution in [0.3, 0.4) is 0 Å². The van der Waals surface area contributed by atoms with E-state index in [2.05, 4.69) is 30.4 Å². The number of H-pyrrole nitrogens is 2. The highest BCUT2D eigenvalue weighted by Gasteiger charge is 2.20. The topological polar surface area (TPSA) is 123 Å². The summed E-state index contributed by atoms with van der Waals surface area (Å²) in [5.74, 6) is -0.259. The number of nitrogens with one attached hydrogen (secondary N) is 3. The lowest BCUT2D eigenvalue weighted by atomic mass is 10.2. The van der Waals surface area contributed by atoms with Crippen LogP contribution in [0.4, 0.5) is 15.9 Å². The van der Waals surface area contributed by atoms with Gasteiger partial charge in [0.1, 0.15) is 17.3 Å². The minimum atomic E-state index is -0.523. The third kappa shape index (κ3) is 3.43. The average molecular weight is 407 g/mol. The second-order valence-corrected chi connectivity index (χ2v) is 7.29. The molecule has 0 unspecified atom stereocenters. The highest BCUT2D eigenvalue weighted by Crippen LogP contribution is 2.23. The Balaban J connectivity index is 1.69. The number of anilines is 2. The third-order valence-electron chi connectivity index (χ3n) is 4.76. The third-order valence-corrected chi connectivity index (χ3v) is 4.76. The fourth-order valence-corrected chi connectivity index (χ4v) is 3.13. The molecule has 0 aliphatic heterocycles. The van der Waals surface area contributed by atoms with Crippen LogP contribution in [-0.2, 0) is 0 Å². The Morgan fingerprint density at radius 2 is 2.17 bits per heavy atom. The van der Waals surface area contributed by atoms with Crippen molar-refractivity contribution in [2.24, 2.45) is 4.99 Å². The molecule has 3 aromatic heterocycles. The molecule has 10 heteroatoms. The van der Waals surface area contributed by atoms with Crippen molar-refractivity contribution in [1.82, 2.24) is 24.6 Å². The standard InChI is InChI=1S/C20H18FN7O2/c1-10-2-5-13(21)14(6-10)24-16-8-17(23-12-3-4-12)28-18(26-16)11(9-22-28)7-15-19(29)27-20(30)25-15/h2,5-9,12,24,29H,3-4H2,1H3,(H2,25,27,30). The van der Waals surface area contributed by atoms with Gasteiger partial charge < -0.3 is 15.4 Å². The molecule has 0 spiro atoms. The van der Waals surface area contributed by atoms with E-state index in [1.165, 1.54) is 6.07 Å². The second-order valence-electron chi connectivity index (χ2n) is 7.29. The van der Waals surface area contributed by atoms with Crippen LogP contribution in [0.1, 0.15) is 24.1 Å². The van der Waals surface area contributed by atoms with Crippen LogP contribution in [0.25, 0.3) is 11.7 Å². The molecule has 0 saturated heterocycles. The van der Waals surface area contributed by atoms with Crippen molar-refractivity contribution in [1.29, 1.82) is 0 Å². The average Bonchev–Trinajstić information content (AvgIpc) is 3.34. The van der Waals surface area contributed by atoms with Gasteiger partial charge in [0, 0.05) is 11.3 Å². The molecule has 0 amide bonds. The summed E-state index contributed by atoms with van der Waals surface area (Å²) in [5, 5.41) is 17.8. The van der Waals surface area contributed by atoms with Gasteiger partial charge in [0.2, 0.25) is 5.88 Å². The van der Waals surface area contributed by atoms with E-state index in [4.69, 9.17) is 0 Å². The fourth-order valence-electron chi connectivity index (χ4n) is 3.13. The number of aromatic hydroxyl groups is 1.